The lowest BCUT2D eigenvalue weighted by Gasteiger charge is -2.27. The van der Waals surface area contributed by atoms with Gasteiger partial charge in [0, 0.05) is 13.1 Å². The molecule has 68 valence electrons. The summed E-state index contributed by atoms with van der Waals surface area (Å²) in [6.07, 6.45) is 3.89. The topological polar surface area (TPSA) is 15.3 Å². The highest BCUT2D eigenvalue weighted by molar-refractivity contribution is 8.24. The van der Waals surface area contributed by atoms with Crippen LogP contribution in [-0.4, -0.2) is 22.4 Å². The zero-order valence-corrected chi connectivity index (χ0v) is 8.72. The molecule has 0 aromatic rings. The smallest absolute Gasteiger partial charge is 0.152 e. The lowest BCUT2D eigenvalue weighted by Crippen LogP contribution is -2.43. The van der Waals surface area contributed by atoms with Crippen molar-refractivity contribution in [3.05, 3.63) is 12.0 Å². The zero-order chi connectivity index (χ0) is 8.81. The van der Waals surface area contributed by atoms with E-state index in [0.29, 0.717) is 0 Å². The monoisotopic (exact) mass is 202 g/mol. The van der Waals surface area contributed by atoms with Gasteiger partial charge in [-0.05, 0) is 18.2 Å². The van der Waals surface area contributed by atoms with Gasteiger partial charge in [0.25, 0.3) is 0 Å². The average Bonchev–Trinajstić information content (AvgIpc) is 2.06. The van der Waals surface area contributed by atoms with Crippen molar-refractivity contribution in [2.75, 3.05) is 13.1 Å². The Morgan fingerprint density at radius 2 is 2.08 bits per heavy atom. The second-order valence-corrected chi connectivity index (χ2v) is 4.38. The third-order valence-electron chi connectivity index (χ3n) is 1.80. The van der Waals surface area contributed by atoms with Gasteiger partial charge in [-0.15, -0.1) is 0 Å². The van der Waals surface area contributed by atoms with Gasteiger partial charge >= 0.3 is 0 Å². The van der Waals surface area contributed by atoms with Crippen LogP contribution in [0.5, 0.6) is 0 Å². The van der Waals surface area contributed by atoms with Gasteiger partial charge in [-0.2, -0.15) is 0 Å². The van der Waals surface area contributed by atoms with Crippen molar-refractivity contribution in [1.82, 2.24) is 10.4 Å². The van der Waals surface area contributed by atoms with Crippen LogP contribution in [0.1, 0.15) is 19.3 Å². The fraction of sp³-hybridized carbons (Fsp3) is 0.625. The third kappa shape index (κ3) is 3.56. The van der Waals surface area contributed by atoms with Crippen LogP contribution < -0.4 is 5.43 Å². The molecule has 4 heteroatoms. The number of thioether (sulfide) groups is 1. The molecule has 0 bridgehead atoms. The third-order valence-corrected chi connectivity index (χ3v) is 2.65. The first-order valence-corrected chi connectivity index (χ1v) is 5.45. The number of thiocarbonyl (C=S) groups is 1. The Labute approximate surface area is 83.4 Å². The normalized spacial score (nSPS) is 18.7. The molecule has 1 fully saturated rings. The molecule has 0 atom stereocenters. The summed E-state index contributed by atoms with van der Waals surface area (Å²) in [5.41, 5.74) is 3.18. The van der Waals surface area contributed by atoms with E-state index >= 15 is 0 Å². The number of nitrogens with zero attached hydrogens (tertiary/aromatic N) is 1. The first-order valence-electron chi connectivity index (χ1n) is 4.16. The summed E-state index contributed by atoms with van der Waals surface area (Å²) >= 11 is 6.54. The highest BCUT2D eigenvalue weighted by atomic mass is 32.2. The molecule has 1 aliphatic rings. The van der Waals surface area contributed by atoms with Crippen molar-refractivity contribution in [1.29, 1.82) is 0 Å². The minimum absolute atomic E-state index is 0.798. The van der Waals surface area contributed by atoms with Gasteiger partial charge in [0.2, 0.25) is 0 Å². The van der Waals surface area contributed by atoms with Crippen LogP contribution in [0, 0.1) is 0 Å². The summed E-state index contributed by atoms with van der Waals surface area (Å²) in [4.78, 5) is 0. The highest BCUT2D eigenvalue weighted by Crippen LogP contribution is 2.08. The van der Waals surface area contributed by atoms with E-state index in [0.717, 1.165) is 17.4 Å². The molecule has 0 aromatic carbocycles. The fourth-order valence-corrected chi connectivity index (χ4v) is 1.90. The average molecular weight is 202 g/mol. The van der Waals surface area contributed by atoms with E-state index in [1.165, 1.54) is 31.0 Å². The predicted octanol–water partition coefficient (Wildman–Crippen LogP) is 2.14. The molecule has 1 aliphatic heterocycles. The molecule has 0 amide bonds. The van der Waals surface area contributed by atoms with Crippen LogP contribution in [0.3, 0.4) is 0 Å². The van der Waals surface area contributed by atoms with Crippen LogP contribution in [0.2, 0.25) is 0 Å². The predicted molar refractivity (Wildman–Crippen MR) is 58.9 cm³/mol. The van der Waals surface area contributed by atoms with Crippen molar-refractivity contribution >= 4 is 28.3 Å². The maximum absolute atomic E-state index is 5.07. The Morgan fingerprint density at radius 3 is 2.67 bits per heavy atom. The Morgan fingerprint density at radius 1 is 1.42 bits per heavy atom. The molecular formula is C8H14N2S2. The van der Waals surface area contributed by atoms with Gasteiger partial charge in [0.05, 0.1) is 0 Å². The summed E-state index contributed by atoms with van der Waals surface area (Å²) in [7, 11) is 0. The van der Waals surface area contributed by atoms with E-state index in [-0.39, 0.29) is 0 Å². The maximum Gasteiger partial charge on any atom is 0.152 e. The summed E-state index contributed by atoms with van der Waals surface area (Å²) in [5.74, 6) is 0. The van der Waals surface area contributed by atoms with Crippen molar-refractivity contribution in [2.24, 2.45) is 0 Å². The lowest BCUT2D eigenvalue weighted by atomic mass is 10.2. The SMILES string of the molecule is C=CSC(=S)NN1CCCCC1. The van der Waals surface area contributed by atoms with Crippen LogP contribution in [0.25, 0.3) is 0 Å². The standard InChI is InChI=1S/C8H14N2S2/c1-2-12-8(11)9-10-6-4-3-5-7-10/h2H,1,3-7H2,(H,9,11). The molecule has 0 aliphatic carbocycles. The quantitative estimate of drug-likeness (QED) is 0.690. The molecule has 0 aromatic heterocycles. The van der Waals surface area contributed by atoms with Gasteiger partial charge in [0.15, 0.2) is 4.32 Å². The fourth-order valence-electron chi connectivity index (χ4n) is 1.24. The second-order valence-electron chi connectivity index (χ2n) is 2.73. The van der Waals surface area contributed by atoms with Crippen LogP contribution in [0.15, 0.2) is 12.0 Å². The van der Waals surface area contributed by atoms with E-state index < -0.39 is 0 Å². The van der Waals surface area contributed by atoms with Crippen LogP contribution >= 0.6 is 24.0 Å². The van der Waals surface area contributed by atoms with Crippen molar-refractivity contribution in [3.63, 3.8) is 0 Å². The van der Waals surface area contributed by atoms with Gasteiger partial charge in [-0.3, -0.25) is 0 Å². The Kier molecular flexibility index (Phi) is 4.65. The number of hydrazine groups is 1. The first kappa shape index (κ1) is 10.0. The first-order chi connectivity index (χ1) is 5.83. The van der Waals surface area contributed by atoms with Crippen molar-refractivity contribution in [2.45, 2.75) is 19.3 Å². The molecular weight excluding hydrogens is 188 g/mol. The molecule has 2 nitrogen and oxygen atoms in total. The Balaban J connectivity index is 2.19. The molecule has 0 radical (unpaired) electrons. The zero-order valence-electron chi connectivity index (χ0n) is 7.08. The van der Waals surface area contributed by atoms with Crippen LogP contribution in [-0.2, 0) is 0 Å². The summed E-state index contributed by atoms with van der Waals surface area (Å²) in [6.45, 7) is 5.83. The van der Waals surface area contributed by atoms with E-state index in [4.69, 9.17) is 12.2 Å². The Hall–Kier alpha value is -0.0600. The van der Waals surface area contributed by atoms with Gasteiger partial charge < -0.3 is 5.43 Å². The molecule has 1 rings (SSSR count). The summed E-state index contributed by atoms with van der Waals surface area (Å²) in [6, 6.07) is 0. The van der Waals surface area contributed by atoms with Crippen LogP contribution in [0.4, 0.5) is 0 Å². The van der Waals surface area contributed by atoms with E-state index in [9.17, 15) is 0 Å². The van der Waals surface area contributed by atoms with Gasteiger partial charge in [-0.1, -0.05) is 37.0 Å². The summed E-state index contributed by atoms with van der Waals surface area (Å²) in [5, 5.41) is 3.93. The van der Waals surface area contributed by atoms with E-state index in [1.54, 1.807) is 5.41 Å². The number of nitrogens with one attached hydrogen (secondary N) is 1. The largest absolute Gasteiger partial charge is 0.304 e. The number of piperidine rings is 1. The van der Waals surface area contributed by atoms with Crippen molar-refractivity contribution < 1.29 is 0 Å². The number of hydrogen-bond donors (Lipinski definition) is 1. The molecule has 1 saturated heterocycles. The highest BCUT2D eigenvalue weighted by Gasteiger charge is 2.09. The van der Waals surface area contributed by atoms with Gasteiger partial charge in [-0.25, -0.2) is 5.01 Å². The van der Waals surface area contributed by atoms with E-state index in [2.05, 4.69) is 17.0 Å². The Bertz CT molecular complexity index is 164. The number of hydrogen-bond acceptors (Lipinski definition) is 3. The molecule has 1 N–H and O–H groups in total. The molecule has 12 heavy (non-hydrogen) atoms. The molecule has 1 heterocycles. The van der Waals surface area contributed by atoms with E-state index in [1.807, 2.05) is 0 Å². The molecule has 0 spiro atoms. The van der Waals surface area contributed by atoms with Crippen molar-refractivity contribution in [3.8, 4) is 0 Å². The van der Waals surface area contributed by atoms with Gasteiger partial charge in [0.1, 0.15) is 0 Å². The minimum atomic E-state index is 0.798. The maximum atomic E-state index is 5.07. The summed E-state index contributed by atoms with van der Waals surface area (Å²) < 4.78 is 0.798. The number of rotatable bonds is 2. The molecule has 0 unspecified atom stereocenters. The minimum Gasteiger partial charge on any atom is -0.304 e. The lowest BCUT2D eigenvalue weighted by molar-refractivity contribution is 0.197. The second kappa shape index (κ2) is 5.56. The molecule has 0 saturated carbocycles.